The summed E-state index contributed by atoms with van der Waals surface area (Å²) in [6, 6.07) is 0.655. The highest BCUT2D eigenvalue weighted by Crippen LogP contribution is 2.22. The number of anilines is 1. The van der Waals surface area contributed by atoms with Crippen molar-refractivity contribution in [2.45, 2.75) is 38.3 Å². The average molecular weight is 394 g/mol. The number of ether oxygens (including phenoxy) is 1. The number of hydrogen-bond acceptors (Lipinski definition) is 7. The van der Waals surface area contributed by atoms with Crippen LogP contribution in [0.1, 0.15) is 25.6 Å². The van der Waals surface area contributed by atoms with E-state index < -0.39 is 0 Å². The second kappa shape index (κ2) is 8.70. The Kier molecular flexibility index (Phi) is 6.09. The second-order valence-corrected chi connectivity index (χ2v) is 8.23. The third-order valence-electron chi connectivity index (χ3n) is 5.78. The largest absolute Gasteiger partial charge is 0.373 e. The molecule has 2 unspecified atom stereocenters. The molecule has 4 rings (SSSR count). The van der Waals surface area contributed by atoms with Gasteiger partial charge in [-0.3, -0.25) is 9.89 Å². The van der Waals surface area contributed by atoms with Crippen molar-refractivity contribution < 1.29 is 4.74 Å². The molecule has 0 aromatic carbocycles. The maximum absolute atomic E-state index is 6.06. The van der Waals surface area contributed by atoms with Crippen LogP contribution < -0.4 is 10.2 Å². The highest BCUT2D eigenvalue weighted by atomic mass is 32.1. The molecule has 9 heteroatoms. The zero-order valence-electron chi connectivity index (χ0n) is 16.4. The first-order valence-corrected chi connectivity index (χ1v) is 10.9. The topological polar surface area (TPSA) is 69.1 Å². The van der Waals surface area contributed by atoms with E-state index in [9.17, 15) is 0 Å². The lowest BCUT2D eigenvalue weighted by atomic mass is 10.2. The standard InChI is InChI=1S/C18H31N7OS/c1-3-16-21-18(27-22-16)24-9-7-23(8-10-24)17(19-2)20-11-15-12-25-6-4-5-14(25)13-26-15/h14-15H,3-13H2,1-2H3,(H,19,20). The van der Waals surface area contributed by atoms with E-state index in [4.69, 9.17) is 4.74 Å². The van der Waals surface area contributed by atoms with Crippen LogP contribution in [0.15, 0.2) is 4.99 Å². The van der Waals surface area contributed by atoms with Crippen LogP contribution in [-0.4, -0.2) is 96.7 Å². The molecule has 1 aromatic rings. The quantitative estimate of drug-likeness (QED) is 0.595. The van der Waals surface area contributed by atoms with Crippen LogP contribution in [0.25, 0.3) is 0 Å². The number of fused-ring (bicyclic) bond motifs is 1. The van der Waals surface area contributed by atoms with Gasteiger partial charge in [-0.2, -0.15) is 4.37 Å². The predicted octanol–water partition coefficient (Wildman–Crippen LogP) is 0.661. The van der Waals surface area contributed by atoms with Crippen molar-refractivity contribution >= 4 is 22.6 Å². The number of rotatable bonds is 4. The van der Waals surface area contributed by atoms with Gasteiger partial charge >= 0.3 is 0 Å². The molecule has 3 saturated heterocycles. The van der Waals surface area contributed by atoms with Gasteiger partial charge in [0.2, 0.25) is 5.13 Å². The Morgan fingerprint density at radius 1 is 1.30 bits per heavy atom. The summed E-state index contributed by atoms with van der Waals surface area (Å²) in [4.78, 5) is 16.4. The molecule has 3 fully saturated rings. The summed E-state index contributed by atoms with van der Waals surface area (Å²) in [5.74, 6) is 1.93. The van der Waals surface area contributed by atoms with E-state index in [-0.39, 0.29) is 6.10 Å². The minimum Gasteiger partial charge on any atom is -0.373 e. The zero-order valence-corrected chi connectivity index (χ0v) is 17.2. The normalized spacial score (nSPS) is 27.1. The van der Waals surface area contributed by atoms with E-state index in [1.54, 1.807) is 0 Å². The van der Waals surface area contributed by atoms with Crippen molar-refractivity contribution in [3.8, 4) is 0 Å². The monoisotopic (exact) mass is 393 g/mol. The summed E-state index contributed by atoms with van der Waals surface area (Å²) in [7, 11) is 1.87. The summed E-state index contributed by atoms with van der Waals surface area (Å²) < 4.78 is 10.5. The van der Waals surface area contributed by atoms with E-state index in [1.807, 2.05) is 7.05 Å². The fraction of sp³-hybridized carbons (Fsp3) is 0.833. The molecule has 0 bridgehead atoms. The molecule has 27 heavy (non-hydrogen) atoms. The Labute approximate surface area is 165 Å². The van der Waals surface area contributed by atoms with Crippen molar-refractivity contribution in [1.29, 1.82) is 0 Å². The van der Waals surface area contributed by atoms with Gasteiger partial charge in [0.15, 0.2) is 5.96 Å². The van der Waals surface area contributed by atoms with Crippen molar-refractivity contribution in [1.82, 2.24) is 24.5 Å². The molecule has 1 aromatic heterocycles. The number of aromatic nitrogens is 2. The SMILES string of the molecule is CCc1nsc(N2CCN(C(=NC)NCC3CN4CCCC4CO3)CC2)n1. The van der Waals surface area contributed by atoms with Gasteiger partial charge < -0.3 is 19.9 Å². The fourth-order valence-electron chi connectivity index (χ4n) is 4.17. The van der Waals surface area contributed by atoms with Crippen LogP contribution in [0.3, 0.4) is 0 Å². The molecule has 2 atom stereocenters. The molecular weight excluding hydrogens is 362 g/mol. The first-order valence-electron chi connectivity index (χ1n) is 10.2. The van der Waals surface area contributed by atoms with E-state index in [0.717, 1.165) is 69.2 Å². The van der Waals surface area contributed by atoms with Crippen LogP contribution >= 0.6 is 11.5 Å². The summed E-state index contributed by atoms with van der Waals surface area (Å²) in [5.41, 5.74) is 0. The molecule has 8 nitrogen and oxygen atoms in total. The second-order valence-electron chi connectivity index (χ2n) is 7.50. The van der Waals surface area contributed by atoms with Crippen LogP contribution in [0, 0.1) is 0 Å². The number of guanidine groups is 1. The minimum absolute atomic E-state index is 0.256. The Morgan fingerprint density at radius 3 is 2.89 bits per heavy atom. The lowest BCUT2D eigenvalue weighted by Crippen LogP contribution is -2.55. The van der Waals surface area contributed by atoms with Gasteiger partial charge in [0.25, 0.3) is 0 Å². The molecule has 0 saturated carbocycles. The molecule has 0 aliphatic carbocycles. The summed E-state index contributed by atoms with van der Waals surface area (Å²) in [6.45, 7) is 9.87. The number of morpholine rings is 1. The first-order chi connectivity index (χ1) is 13.3. The molecule has 150 valence electrons. The van der Waals surface area contributed by atoms with Crippen LogP contribution in [0.5, 0.6) is 0 Å². The summed E-state index contributed by atoms with van der Waals surface area (Å²) >= 11 is 1.51. The highest BCUT2D eigenvalue weighted by Gasteiger charge is 2.32. The average Bonchev–Trinajstić information content (AvgIpc) is 3.38. The van der Waals surface area contributed by atoms with Crippen LogP contribution in [0.2, 0.25) is 0 Å². The number of aliphatic imine (C=N–C) groups is 1. The Bertz CT molecular complexity index is 643. The van der Waals surface area contributed by atoms with Crippen molar-refractivity contribution in [3.05, 3.63) is 5.82 Å². The number of hydrogen-bond donors (Lipinski definition) is 1. The van der Waals surface area contributed by atoms with E-state index in [0.29, 0.717) is 6.04 Å². The maximum Gasteiger partial charge on any atom is 0.205 e. The molecule has 3 aliphatic heterocycles. The molecule has 4 heterocycles. The number of nitrogens with zero attached hydrogens (tertiary/aromatic N) is 6. The Hall–Kier alpha value is -1.45. The van der Waals surface area contributed by atoms with Crippen molar-refractivity contribution in [3.63, 3.8) is 0 Å². The van der Waals surface area contributed by atoms with Gasteiger partial charge in [-0.15, -0.1) is 0 Å². The number of aryl methyl sites for hydroxylation is 1. The first kappa shape index (κ1) is 18.9. The summed E-state index contributed by atoms with van der Waals surface area (Å²) in [5, 5.41) is 4.58. The van der Waals surface area contributed by atoms with Gasteiger partial charge in [-0.25, -0.2) is 4.98 Å². The Balaban J connectivity index is 1.24. The summed E-state index contributed by atoms with van der Waals surface area (Å²) in [6.07, 6.45) is 3.76. The van der Waals surface area contributed by atoms with Gasteiger partial charge in [0.05, 0.1) is 12.7 Å². The Morgan fingerprint density at radius 2 is 2.15 bits per heavy atom. The van der Waals surface area contributed by atoms with E-state index in [1.165, 1.54) is 30.9 Å². The van der Waals surface area contributed by atoms with E-state index >= 15 is 0 Å². The van der Waals surface area contributed by atoms with Crippen LogP contribution in [-0.2, 0) is 11.2 Å². The number of piperazine rings is 1. The van der Waals surface area contributed by atoms with Gasteiger partial charge in [-0.05, 0) is 19.4 Å². The lowest BCUT2D eigenvalue weighted by Gasteiger charge is -2.38. The molecule has 1 N–H and O–H groups in total. The molecule has 0 radical (unpaired) electrons. The molecule has 3 aliphatic rings. The molecular formula is C18H31N7OS. The minimum atomic E-state index is 0.256. The van der Waals surface area contributed by atoms with Gasteiger partial charge in [0, 0.05) is 70.3 Å². The third-order valence-corrected chi connectivity index (χ3v) is 6.60. The van der Waals surface area contributed by atoms with Crippen molar-refractivity contribution in [2.24, 2.45) is 4.99 Å². The third kappa shape index (κ3) is 4.35. The predicted molar refractivity (Wildman–Crippen MR) is 109 cm³/mol. The van der Waals surface area contributed by atoms with E-state index in [2.05, 4.69) is 41.3 Å². The maximum atomic E-state index is 6.06. The number of nitrogens with one attached hydrogen (secondary N) is 1. The zero-order chi connectivity index (χ0) is 18.6. The lowest BCUT2D eigenvalue weighted by molar-refractivity contribution is -0.0454. The van der Waals surface area contributed by atoms with Gasteiger partial charge in [-0.1, -0.05) is 6.92 Å². The fourth-order valence-corrected chi connectivity index (χ4v) is 4.97. The highest BCUT2D eigenvalue weighted by molar-refractivity contribution is 7.09. The molecule has 0 spiro atoms. The van der Waals surface area contributed by atoms with Crippen molar-refractivity contribution in [2.75, 3.05) is 64.4 Å². The molecule has 0 amide bonds. The van der Waals surface area contributed by atoms with Gasteiger partial charge in [0.1, 0.15) is 5.82 Å². The smallest absolute Gasteiger partial charge is 0.205 e. The van der Waals surface area contributed by atoms with Crippen LogP contribution in [0.4, 0.5) is 5.13 Å².